The Hall–Kier alpha value is -1.57. The van der Waals surface area contributed by atoms with Gasteiger partial charge in [0.2, 0.25) is 5.91 Å². The first-order valence-corrected chi connectivity index (χ1v) is 10.3. The number of imide groups is 1. The Morgan fingerprint density at radius 2 is 1.76 bits per heavy atom. The molecule has 8 heteroatoms. The van der Waals surface area contributed by atoms with Gasteiger partial charge in [0.1, 0.15) is 5.82 Å². The van der Waals surface area contributed by atoms with E-state index < -0.39 is 0 Å². The van der Waals surface area contributed by atoms with Crippen LogP contribution in [0.4, 0.5) is 4.79 Å². The van der Waals surface area contributed by atoms with Crippen LogP contribution in [0, 0.1) is 6.92 Å². The molecule has 1 aromatic rings. The van der Waals surface area contributed by atoms with Gasteiger partial charge in [0.15, 0.2) is 5.16 Å². The second-order valence-electron chi connectivity index (χ2n) is 6.98. The van der Waals surface area contributed by atoms with Crippen LogP contribution in [0.15, 0.2) is 5.16 Å². The number of nitrogens with one attached hydrogen (secondary N) is 2. The SMILES string of the molecule is Cc1nnc(SCC(=O)NC(=O)NC2CCCC2)n1C1CCCCC1. The lowest BCUT2D eigenvalue weighted by Crippen LogP contribution is -2.44. The summed E-state index contributed by atoms with van der Waals surface area (Å²) in [6.45, 7) is 1.96. The third-order valence-electron chi connectivity index (χ3n) is 5.05. The number of hydrogen-bond acceptors (Lipinski definition) is 5. The van der Waals surface area contributed by atoms with E-state index in [0.717, 1.165) is 49.5 Å². The molecule has 2 aliphatic carbocycles. The maximum absolute atomic E-state index is 12.0. The Morgan fingerprint density at radius 1 is 1.08 bits per heavy atom. The van der Waals surface area contributed by atoms with Crippen molar-refractivity contribution in [3.05, 3.63) is 5.82 Å². The third kappa shape index (κ3) is 4.96. The van der Waals surface area contributed by atoms with E-state index in [4.69, 9.17) is 0 Å². The minimum Gasteiger partial charge on any atom is -0.335 e. The van der Waals surface area contributed by atoms with Gasteiger partial charge in [0.25, 0.3) is 0 Å². The number of rotatable bonds is 5. The summed E-state index contributed by atoms with van der Waals surface area (Å²) >= 11 is 1.35. The fourth-order valence-electron chi connectivity index (χ4n) is 3.79. The number of nitrogens with zero attached hydrogens (tertiary/aromatic N) is 3. The Labute approximate surface area is 152 Å². The number of aryl methyl sites for hydroxylation is 1. The van der Waals surface area contributed by atoms with Crippen LogP contribution in [0.3, 0.4) is 0 Å². The number of urea groups is 1. The van der Waals surface area contributed by atoms with Crippen LogP contribution in [-0.4, -0.2) is 38.5 Å². The molecule has 0 unspecified atom stereocenters. The van der Waals surface area contributed by atoms with Crippen molar-refractivity contribution < 1.29 is 9.59 Å². The van der Waals surface area contributed by atoms with Crippen molar-refractivity contribution in [1.82, 2.24) is 25.4 Å². The van der Waals surface area contributed by atoms with Crippen LogP contribution >= 0.6 is 11.8 Å². The third-order valence-corrected chi connectivity index (χ3v) is 5.99. The van der Waals surface area contributed by atoms with Crippen molar-refractivity contribution in [3.8, 4) is 0 Å². The highest BCUT2D eigenvalue weighted by atomic mass is 32.2. The van der Waals surface area contributed by atoms with Crippen LogP contribution in [0.1, 0.15) is 69.7 Å². The van der Waals surface area contributed by atoms with Gasteiger partial charge in [0.05, 0.1) is 5.75 Å². The largest absolute Gasteiger partial charge is 0.335 e. The summed E-state index contributed by atoms with van der Waals surface area (Å²) in [6, 6.07) is 0.250. The predicted octanol–water partition coefficient (Wildman–Crippen LogP) is 2.95. The molecule has 2 saturated carbocycles. The number of hydrogen-bond donors (Lipinski definition) is 2. The van der Waals surface area contributed by atoms with E-state index in [2.05, 4.69) is 25.4 Å². The summed E-state index contributed by atoms with van der Waals surface area (Å²) in [5, 5.41) is 14.5. The van der Waals surface area contributed by atoms with Gasteiger partial charge < -0.3 is 9.88 Å². The number of thioether (sulfide) groups is 1. The monoisotopic (exact) mass is 365 g/mol. The van der Waals surface area contributed by atoms with Crippen LogP contribution in [0.25, 0.3) is 0 Å². The van der Waals surface area contributed by atoms with E-state index in [1.807, 2.05) is 6.92 Å². The molecule has 0 spiro atoms. The maximum Gasteiger partial charge on any atom is 0.321 e. The lowest BCUT2D eigenvalue weighted by molar-refractivity contribution is -0.117. The Morgan fingerprint density at radius 3 is 2.48 bits per heavy atom. The van der Waals surface area contributed by atoms with Crippen molar-refractivity contribution in [2.45, 2.75) is 82.0 Å². The molecule has 138 valence electrons. The molecule has 2 N–H and O–H groups in total. The molecule has 0 aliphatic heterocycles. The zero-order chi connectivity index (χ0) is 17.6. The van der Waals surface area contributed by atoms with E-state index in [-0.39, 0.29) is 23.7 Å². The fourth-order valence-corrected chi connectivity index (χ4v) is 4.64. The van der Waals surface area contributed by atoms with Crippen molar-refractivity contribution in [3.63, 3.8) is 0 Å². The van der Waals surface area contributed by atoms with Gasteiger partial charge in [-0.25, -0.2) is 4.79 Å². The lowest BCUT2D eigenvalue weighted by atomic mass is 9.95. The van der Waals surface area contributed by atoms with Crippen LogP contribution in [-0.2, 0) is 4.79 Å². The minimum atomic E-state index is -0.387. The molecule has 25 heavy (non-hydrogen) atoms. The molecular formula is C17H27N5O2S. The number of carbonyl (C=O) groups is 2. The van der Waals surface area contributed by atoms with Gasteiger partial charge >= 0.3 is 6.03 Å². The number of amides is 3. The molecular weight excluding hydrogens is 338 g/mol. The molecule has 0 radical (unpaired) electrons. The molecule has 3 amide bonds. The first-order valence-electron chi connectivity index (χ1n) is 9.28. The van der Waals surface area contributed by atoms with Gasteiger partial charge in [-0.05, 0) is 32.6 Å². The van der Waals surface area contributed by atoms with E-state index in [1.54, 1.807) is 0 Å². The van der Waals surface area contributed by atoms with Crippen LogP contribution < -0.4 is 10.6 Å². The predicted molar refractivity (Wildman–Crippen MR) is 96.5 cm³/mol. The maximum atomic E-state index is 12.0. The Kier molecular flexibility index (Phi) is 6.34. The van der Waals surface area contributed by atoms with Gasteiger partial charge in [0, 0.05) is 12.1 Å². The van der Waals surface area contributed by atoms with Gasteiger partial charge in [-0.15, -0.1) is 10.2 Å². The smallest absolute Gasteiger partial charge is 0.321 e. The average Bonchev–Trinajstić information content (AvgIpc) is 3.23. The topological polar surface area (TPSA) is 88.9 Å². The van der Waals surface area contributed by atoms with E-state index in [1.165, 1.54) is 31.0 Å². The lowest BCUT2D eigenvalue weighted by Gasteiger charge is -2.24. The van der Waals surface area contributed by atoms with E-state index in [0.29, 0.717) is 6.04 Å². The molecule has 0 saturated heterocycles. The van der Waals surface area contributed by atoms with Gasteiger partial charge in [-0.1, -0.05) is 43.9 Å². The second-order valence-corrected chi connectivity index (χ2v) is 7.93. The molecule has 2 aliphatic rings. The number of aromatic nitrogens is 3. The highest BCUT2D eigenvalue weighted by molar-refractivity contribution is 7.99. The van der Waals surface area contributed by atoms with Crippen molar-refractivity contribution in [1.29, 1.82) is 0 Å². The van der Waals surface area contributed by atoms with E-state index >= 15 is 0 Å². The van der Waals surface area contributed by atoms with Crippen LogP contribution in [0.5, 0.6) is 0 Å². The molecule has 0 bridgehead atoms. The van der Waals surface area contributed by atoms with Gasteiger partial charge in [-0.3, -0.25) is 10.1 Å². The highest BCUT2D eigenvalue weighted by Crippen LogP contribution is 2.32. The Bertz CT molecular complexity index is 606. The second kappa shape index (κ2) is 8.69. The molecule has 2 fully saturated rings. The molecule has 7 nitrogen and oxygen atoms in total. The first-order chi connectivity index (χ1) is 12.1. The van der Waals surface area contributed by atoms with E-state index in [9.17, 15) is 9.59 Å². The molecule has 0 atom stereocenters. The molecule has 1 heterocycles. The summed E-state index contributed by atoms with van der Waals surface area (Å²) in [4.78, 5) is 23.9. The van der Waals surface area contributed by atoms with Crippen molar-refractivity contribution >= 4 is 23.7 Å². The normalized spacial score (nSPS) is 19.1. The molecule has 1 aromatic heterocycles. The molecule has 0 aromatic carbocycles. The van der Waals surface area contributed by atoms with Crippen molar-refractivity contribution in [2.75, 3.05) is 5.75 Å². The van der Waals surface area contributed by atoms with Crippen molar-refractivity contribution in [2.24, 2.45) is 0 Å². The standard InChI is InChI=1S/C17H27N5O2S/c1-12-20-21-17(22(12)14-9-3-2-4-10-14)25-11-15(23)19-16(24)18-13-7-5-6-8-13/h13-14H,2-11H2,1H3,(H2,18,19,23,24). The highest BCUT2D eigenvalue weighted by Gasteiger charge is 2.22. The zero-order valence-corrected chi connectivity index (χ0v) is 15.6. The summed E-state index contributed by atoms with van der Waals surface area (Å²) in [6.07, 6.45) is 10.3. The first kappa shape index (κ1) is 18.2. The Balaban J connectivity index is 1.49. The summed E-state index contributed by atoms with van der Waals surface area (Å²) < 4.78 is 2.16. The quantitative estimate of drug-likeness (QED) is 0.783. The summed E-state index contributed by atoms with van der Waals surface area (Å²) in [5.74, 6) is 0.772. The fraction of sp³-hybridized carbons (Fsp3) is 0.765. The zero-order valence-electron chi connectivity index (χ0n) is 14.8. The average molecular weight is 366 g/mol. The summed E-state index contributed by atoms with van der Waals surface area (Å²) in [7, 11) is 0. The van der Waals surface area contributed by atoms with Gasteiger partial charge in [-0.2, -0.15) is 0 Å². The summed E-state index contributed by atoms with van der Waals surface area (Å²) in [5.41, 5.74) is 0. The van der Waals surface area contributed by atoms with Crippen LogP contribution in [0.2, 0.25) is 0 Å². The molecule has 3 rings (SSSR count). The number of carbonyl (C=O) groups excluding carboxylic acids is 2. The minimum absolute atomic E-state index is 0.170.